The molecule has 0 aliphatic carbocycles. The topological polar surface area (TPSA) is 68.5 Å². The minimum Gasteiger partial charge on any atom is -0.479 e. The zero-order chi connectivity index (χ0) is 12.3. The molecule has 1 aromatic rings. The van der Waals surface area contributed by atoms with Gasteiger partial charge in [0.2, 0.25) is 0 Å². The van der Waals surface area contributed by atoms with Crippen molar-refractivity contribution in [1.82, 2.24) is 9.88 Å². The highest BCUT2D eigenvalue weighted by Gasteiger charge is 2.28. The molecular formula is C12H17N3O2. The van der Waals surface area contributed by atoms with Crippen molar-refractivity contribution in [3.8, 4) is 5.75 Å². The van der Waals surface area contributed by atoms with Gasteiger partial charge in [-0.3, -0.25) is 9.78 Å². The highest BCUT2D eigenvalue weighted by Crippen LogP contribution is 2.13. The van der Waals surface area contributed by atoms with Gasteiger partial charge >= 0.3 is 0 Å². The molecule has 0 saturated carbocycles. The number of nitrogens with two attached hydrogens (primary N) is 1. The fraction of sp³-hybridized carbons (Fsp3) is 0.500. The molecule has 0 aromatic carbocycles. The Morgan fingerprint density at radius 2 is 2.53 bits per heavy atom. The zero-order valence-corrected chi connectivity index (χ0v) is 9.87. The Morgan fingerprint density at radius 3 is 3.12 bits per heavy atom. The molecule has 1 amide bonds. The Bertz CT molecular complexity index is 383. The maximum Gasteiger partial charge on any atom is 0.263 e. The molecule has 1 aromatic heterocycles. The zero-order valence-electron chi connectivity index (χ0n) is 9.87. The Morgan fingerprint density at radius 1 is 1.71 bits per heavy atom. The first-order valence-electron chi connectivity index (χ1n) is 5.78. The molecule has 2 heterocycles. The summed E-state index contributed by atoms with van der Waals surface area (Å²) < 4.78 is 5.53. The van der Waals surface area contributed by atoms with Gasteiger partial charge in [0.15, 0.2) is 6.10 Å². The lowest BCUT2D eigenvalue weighted by Gasteiger charge is -2.21. The van der Waals surface area contributed by atoms with Crippen LogP contribution in [0.4, 0.5) is 0 Å². The van der Waals surface area contributed by atoms with Crippen molar-refractivity contribution >= 4 is 5.91 Å². The van der Waals surface area contributed by atoms with Gasteiger partial charge in [-0.05, 0) is 25.5 Å². The Hall–Kier alpha value is -1.62. The number of aromatic nitrogens is 1. The lowest BCUT2D eigenvalue weighted by Crippen LogP contribution is -2.40. The average molecular weight is 235 g/mol. The van der Waals surface area contributed by atoms with E-state index in [2.05, 4.69) is 4.98 Å². The SMILES string of the molecule is C[C@@H](Oc1cccnc1)C(=O)N1CC[C@@H](N)C1. The third-order valence-corrected chi connectivity index (χ3v) is 2.83. The largest absolute Gasteiger partial charge is 0.479 e. The normalized spacial score (nSPS) is 21.3. The van der Waals surface area contributed by atoms with Crippen molar-refractivity contribution in [2.24, 2.45) is 5.73 Å². The van der Waals surface area contributed by atoms with E-state index in [1.165, 1.54) is 0 Å². The molecule has 1 aliphatic rings. The molecule has 2 rings (SSSR count). The monoisotopic (exact) mass is 235 g/mol. The number of ether oxygens (including phenoxy) is 1. The van der Waals surface area contributed by atoms with Gasteiger partial charge in [0, 0.05) is 25.3 Å². The van der Waals surface area contributed by atoms with Crippen LogP contribution < -0.4 is 10.5 Å². The number of hydrogen-bond acceptors (Lipinski definition) is 4. The van der Waals surface area contributed by atoms with E-state index in [1.807, 2.05) is 0 Å². The number of amides is 1. The molecule has 17 heavy (non-hydrogen) atoms. The lowest BCUT2D eigenvalue weighted by atomic mass is 10.3. The third-order valence-electron chi connectivity index (χ3n) is 2.83. The summed E-state index contributed by atoms with van der Waals surface area (Å²) in [5.74, 6) is 0.596. The number of carbonyl (C=O) groups is 1. The summed E-state index contributed by atoms with van der Waals surface area (Å²) in [6.45, 7) is 3.10. The van der Waals surface area contributed by atoms with E-state index in [1.54, 1.807) is 36.4 Å². The molecule has 0 bridgehead atoms. The van der Waals surface area contributed by atoms with E-state index in [0.29, 0.717) is 12.3 Å². The van der Waals surface area contributed by atoms with Gasteiger partial charge in [0.25, 0.3) is 5.91 Å². The van der Waals surface area contributed by atoms with Crippen LogP contribution in [0.5, 0.6) is 5.75 Å². The van der Waals surface area contributed by atoms with E-state index >= 15 is 0 Å². The summed E-state index contributed by atoms with van der Waals surface area (Å²) in [6, 6.07) is 3.66. The molecule has 0 radical (unpaired) electrons. The second kappa shape index (κ2) is 5.14. The van der Waals surface area contributed by atoms with E-state index in [0.717, 1.165) is 13.0 Å². The second-order valence-electron chi connectivity index (χ2n) is 4.28. The molecule has 92 valence electrons. The average Bonchev–Trinajstić information content (AvgIpc) is 2.76. The highest BCUT2D eigenvalue weighted by molar-refractivity contribution is 5.81. The van der Waals surface area contributed by atoms with Crippen LogP contribution in [0.2, 0.25) is 0 Å². The first kappa shape index (κ1) is 11.9. The standard InChI is InChI=1S/C12H17N3O2/c1-9(17-11-3-2-5-14-7-11)12(16)15-6-4-10(13)8-15/h2-3,5,7,9-10H,4,6,8,13H2,1H3/t9-,10-/m1/s1. The van der Waals surface area contributed by atoms with Gasteiger partial charge < -0.3 is 15.4 Å². The molecule has 0 unspecified atom stereocenters. The van der Waals surface area contributed by atoms with Crippen LogP contribution in [0.25, 0.3) is 0 Å². The summed E-state index contributed by atoms with van der Waals surface area (Å²) in [4.78, 5) is 17.7. The summed E-state index contributed by atoms with van der Waals surface area (Å²) in [6.07, 6.45) is 3.63. The van der Waals surface area contributed by atoms with Gasteiger partial charge in [-0.15, -0.1) is 0 Å². The van der Waals surface area contributed by atoms with Crippen LogP contribution >= 0.6 is 0 Å². The van der Waals surface area contributed by atoms with Crippen molar-refractivity contribution in [3.05, 3.63) is 24.5 Å². The third kappa shape index (κ3) is 2.94. The van der Waals surface area contributed by atoms with E-state index < -0.39 is 6.10 Å². The van der Waals surface area contributed by atoms with Crippen LogP contribution in [0, 0.1) is 0 Å². The fourth-order valence-corrected chi connectivity index (χ4v) is 1.92. The molecule has 1 fully saturated rings. The number of nitrogens with zero attached hydrogens (tertiary/aromatic N) is 2. The van der Waals surface area contributed by atoms with E-state index in [4.69, 9.17) is 10.5 Å². The van der Waals surface area contributed by atoms with Crippen molar-refractivity contribution in [3.63, 3.8) is 0 Å². The number of carbonyl (C=O) groups excluding carboxylic acids is 1. The van der Waals surface area contributed by atoms with Crippen LogP contribution in [-0.2, 0) is 4.79 Å². The Labute approximate surface area is 101 Å². The molecule has 2 N–H and O–H groups in total. The molecule has 5 nitrogen and oxygen atoms in total. The van der Waals surface area contributed by atoms with Gasteiger partial charge in [-0.1, -0.05) is 0 Å². The van der Waals surface area contributed by atoms with E-state index in [-0.39, 0.29) is 11.9 Å². The predicted molar refractivity (Wildman–Crippen MR) is 63.5 cm³/mol. The van der Waals surface area contributed by atoms with Gasteiger partial charge in [0.05, 0.1) is 6.20 Å². The lowest BCUT2D eigenvalue weighted by molar-refractivity contribution is -0.136. The van der Waals surface area contributed by atoms with Crippen LogP contribution in [0.1, 0.15) is 13.3 Å². The van der Waals surface area contributed by atoms with Crippen LogP contribution in [0.3, 0.4) is 0 Å². The summed E-state index contributed by atoms with van der Waals surface area (Å²) in [5, 5.41) is 0. The Balaban J connectivity index is 1.92. The summed E-state index contributed by atoms with van der Waals surface area (Å²) >= 11 is 0. The van der Waals surface area contributed by atoms with Crippen LogP contribution in [0.15, 0.2) is 24.5 Å². The van der Waals surface area contributed by atoms with Gasteiger partial charge in [-0.25, -0.2) is 0 Å². The smallest absolute Gasteiger partial charge is 0.263 e. The molecule has 1 saturated heterocycles. The predicted octanol–water partition coefficient (Wildman–Crippen LogP) is 0.408. The van der Waals surface area contributed by atoms with Crippen molar-refractivity contribution < 1.29 is 9.53 Å². The first-order valence-corrected chi connectivity index (χ1v) is 5.78. The van der Waals surface area contributed by atoms with Crippen molar-refractivity contribution in [1.29, 1.82) is 0 Å². The highest BCUT2D eigenvalue weighted by atomic mass is 16.5. The minimum absolute atomic E-state index is 0.0122. The summed E-state index contributed by atoms with van der Waals surface area (Å²) in [5.41, 5.74) is 5.77. The fourth-order valence-electron chi connectivity index (χ4n) is 1.92. The van der Waals surface area contributed by atoms with Gasteiger partial charge in [-0.2, -0.15) is 0 Å². The van der Waals surface area contributed by atoms with Crippen LogP contribution in [-0.4, -0.2) is 41.0 Å². The molecular weight excluding hydrogens is 218 g/mol. The maximum absolute atomic E-state index is 12.0. The number of likely N-dealkylation sites (tertiary alicyclic amines) is 1. The summed E-state index contributed by atoms with van der Waals surface area (Å²) in [7, 11) is 0. The molecule has 2 atom stereocenters. The molecule has 0 spiro atoms. The molecule has 5 heteroatoms. The second-order valence-corrected chi connectivity index (χ2v) is 4.28. The van der Waals surface area contributed by atoms with Crippen molar-refractivity contribution in [2.45, 2.75) is 25.5 Å². The minimum atomic E-state index is -0.496. The number of hydrogen-bond donors (Lipinski definition) is 1. The van der Waals surface area contributed by atoms with Gasteiger partial charge in [0.1, 0.15) is 5.75 Å². The quantitative estimate of drug-likeness (QED) is 0.823. The maximum atomic E-state index is 12.0. The molecule has 1 aliphatic heterocycles. The first-order chi connectivity index (χ1) is 8.16. The van der Waals surface area contributed by atoms with E-state index in [9.17, 15) is 4.79 Å². The number of pyridine rings is 1. The Kier molecular flexibility index (Phi) is 3.58. The number of rotatable bonds is 3. The van der Waals surface area contributed by atoms with Crippen molar-refractivity contribution in [2.75, 3.05) is 13.1 Å².